The quantitative estimate of drug-likeness (QED) is 0.471. The number of piperazine rings is 1. The number of rotatable bonds is 5. The SMILES string of the molecule is Fc1ccc(N2CCN(c3cc(SCc4cccc(F)c4)ncn3)CC2)cc1. The molecular formula is C21H20F2N4S. The van der Waals surface area contributed by atoms with Crippen molar-refractivity contribution in [3.63, 3.8) is 0 Å². The van der Waals surface area contributed by atoms with Crippen LogP contribution in [0.5, 0.6) is 0 Å². The smallest absolute Gasteiger partial charge is 0.133 e. The van der Waals surface area contributed by atoms with Crippen LogP contribution in [0.1, 0.15) is 5.56 Å². The van der Waals surface area contributed by atoms with Gasteiger partial charge in [0.15, 0.2) is 0 Å². The molecular weight excluding hydrogens is 378 g/mol. The van der Waals surface area contributed by atoms with Crippen molar-refractivity contribution in [3.8, 4) is 0 Å². The van der Waals surface area contributed by atoms with Crippen LogP contribution in [0.2, 0.25) is 0 Å². The Kier molecular flexibility index (Phi) is 5.71. The van der Waals surface area contributed by atoms with Gasteiger partial charge in [-0.3, -0.25) is 0 Å². The van der Waals surface area contributed by atoms with Gasteiger partial charge in [-0.2, -0.15) is 0 Å². The van der Waals surface area contributed by atoms with E-state index in [2.05, 4.69) is 19.8 Å². The predicted octanol–water partition coefficient (Wildman–Crippen LogP) is 4.37. The molecule has 1 saturated heterocycles. The average Bonchev–Trinajstić information content (AvgIpc) is 2.73. The average molecular weight is 398 g/mol. The normalized spacial score (nSPS) is 14.4. The molecule has 1 aliphatic heterocycles. The fourth-order valence-electron chi connectivity index (χ4n) is 3.21. The van der Waals surface area contributed by atoms with Crippen LogP contribution in [0.25, 0.3) is 0 Å². The molecule has 4 nitrogen and oxygen atoms in total. The molecule has 7 heteroatoms. The van der Waals surface area contributed by atoms with Gasteiger partial charge in [0.25, 0.3) is 0 Å². The Balaban J connectivity index is 1.36. The summed E-state index contributed by atoms with van der Waals surface area (Å²) in [6.45, 7) is 3.37. The zero-order valence-electron chi connectivity index (χ0n) is 15.3. The molecule has 0 unspecified atom stereocenters. The Morgan fingerprint density at radius 3 is 2.32 bits per heavy atom. The van der Waals surface area contributed by atoms with Crippen LogP contribution in [0.15, 0.2) is 66.0 Å². The van der Waals surface area contributed by atoms with Gasteiger partial charge >= 0.3 is 0 Å². The van der Waals surface area contributed by atoms with Gasteiger partial charge in [-0.05, 0) is 42.0 Å². The predicted molar refractivity (Wildman–Crippen MR) is 109 cm³/mol. The molecule has 2 heterocycles. The Hall–Kier alpha value is -2.67. The Morgan fingerprint density at radius 2 is 1.57 bits per heavy atom. The summed E-state index contributed by atoms with van der Waals surface area (Å²) in [5.41, 5.74) is 1.97. The Labute approximate surface area is 167 Å². The first-order valence-corrected chi connectivity index (χ1v) is 10.1. The minimum atomic E-state index is -0.222. The number of nitrogens with zero attached hydrogens (tertiary/aromatic N) is 4. The van der Waals surface area contributed by atoms with E-state index in [0.29, 0.717) is 5.75 Å². The zero-order valence-corrected chi connectivity index (χ0v) is 16.1. The number of thioether (sulfide) groups is 1. The molecule has 0 atom stereocenters. The minimum absolute atomic E-state index is 0.216. The van der Waals surface area contributed by atoms with E-state index in [4.69, 9.17) is 0 Å². The first-order chi connectivity index (χ1) is 13.7. The maximum absolute atomic E-state index is 13.3. The third-order valence-corrected chi connectivity index (χ3v) is 5.70. The summed E-state index contributed by atoms with van der Waals surface area (Å²) in [5, 5.41) is 0.871. The van der Waals surface area contributed by atoms with E-state index in [0.717, 1.165) is 48.3 Å². The standard InChI is InChI=1S/C21H20F2N4S/c22-17-4-6-19(7-5-17)26-8-10-27(11-9-26)20-13-21(25-15-24-20)28-14-16-2-1-3-18(23)12-16/h1-7,12-13,15H,8-11,14H2. The van der Waals surface area contributed by atoms with E-state index in [1.54, 1.807) is 30.2 Å². The van der Waals surface area contributed by atoms with Crippen molar-refractivity contribution in [2.75, 3.05) is 36.0 Å². The fraction of sp³-hybridized carbons (Fsp3) is 0.238. The highest BCUT2D eigenvalue weighted by molar-refractivity contribution is 7.98. The molecule has 0 radical (unpaired) electrons. The lowest BCUT2D eigenvalue weighted by Gasteiger charge is -2.36. The van der Waals surface area contributed by atoms with Crippen LogP contribution in [0.4, 0.5) is 20.3 Å². The van der Waals surface area contributed by atoms with E-state index in [-0.39, 0.29) is 11.6 Å². The lowest BCUT2D eigenvalue weighted by atomic mass is 10.2. The second-order valence-electron chi connectivity index (χ2n) is 6.58. The van der Waals surface area contributed by atoms with Crippen molar-refractivity contribution in [2.24, 2.45) is 0 Å². The first kappa shape index (κ1) is 18.7. The van der Waals surface area contributed by atoms with Crippen LogP contribution < -0.4 is 9.80 Å². The molecule has 28 heavy (non-hydrogen) atoms. The molecule has 1 aromatic heterocycles. The largest absolute Gasteiger partial charge is 0.368 e. The lowest BCUT2D eigenvalue weighted by molar-refractivity contribution is 0.624. The van der Waals surface area contributed by atoms with Gasteiger partial charge in [-0.25, -0.2) is 18.7 Å². The second-order valence-corrected chi connectivity index (χ2v) is 7.58. The topological polar surface area (TPSA) is 32.3 Å². The van der Waals surface area contributed by atoms with Gasteiger partial charge in [0.1, 0.15) is 28.8 Å². The van der Waals surface area contributed by atoms with Crippen LogP contribution in [0.3, 0.4) is 0 Å². The van der Waals surface area contributed by atoms with Gasteiger partial charge < -0.3 is 9.80 Å². The highest BCUT2D eigenvalue weighted by Crippen LogP contribution is 2.25. The second kappa shape index (κ2) is 8.56. The van der Waals surface area contributed by atoms with E-state index >= 15 is 0 Å². The maximum Gasteiger partial charge on any atom is 0.133 e. The summed E-state index contributed by atoms with van der Waals surface area (Å²) < 4.78 is 26.4. The van der Waals surface area contributed by atoms with Crippen LogP contribution in [0, 0.1) is 11.6 Å². The number of hydrogen-bond donors (Lipinski definition) is 0. The van der Waals surface area contributed by atoms with Crippen molar-refractivity contribution in [1.82, 2.24) is 9.97 Å². The lowest BCUT2D eigenvalue weighted by Crippen LogP contribution is -2.46. The molecule has 1 aliphatic rings. The van der Waals surface area contributed by atoms with Gasteiger partial charge in [0.2, 0.25) is 0 Å². The highest BCUT2D eigenvalue weighted by atomic mass is 32.2. The Bertz CT molecular complexity index is 928. The summed E-state index contributed by atoms with van der Waals surface area (Å²) in [4.78, 5) is 13.2. The van der Waals surface area contributed by atoms with Gasteiger partial charge in [-0.15, -0.1) is 11.8 Å². The van der Waals surface area contributed by atoms with Crippen molar-refractivity contribution < 1.29 is 8.78 Å². The van der Waals surface area contributed by atoms with Crippen molar-refractivity contribution in [3.05, 3.63) is 78.1 Å². The third-order valence-electron chi connectivity index (χ3n) is 4.70. The highest BCUT2D eigenvalue weighted by Gasteiger charge is 2.19. The number of anilines is 2. The molecule has 0 N–H and O–H groups in total. The number of benzene rings is 2. The fourth-order valence-corrected chi connectivity index (χ4v) is 4.02. The Morgan fingerprint density at radius 1 is 0.821 bits per heavy atom. The molecule has 0 amide bonds. The van der Waals surface area contributed by atoms with Crippen LogP contribution in [-0.2, 0) is 5.75 Å². The van der Waals surface area contributed by atoms with Gasteiger partial charge in [0.05, 0.1) is 0 Å². The van der Waals surface area contributed by atoms with Gasteiger partial charge in [-0.1, -0.05) is 12.1 Å². The van der Waals surface area contributed by atoms with E-state index in [1.165, 1.54) is 18.2 Å². The molecule has 2 aromatic carbocycles. The molecule has 0 aliphatic carbocycles. The summed E-state index contributed by atoms with van der Waals surface area (Å²) in [7, 11) is 0. The van der Waals surface area contributed by atoms with Gasteiger partial charge in [0, 0.05) is 43.7 Å². The summed E-state index contributed by atoms with van der Waals surface area (Å²) in [6, 6.07) is 15.2. The molecule has 1 fully saturated rings. The first-order valence-electron chi connectivity index (χ1n) is 9.12. The minimum Gasteiger partial charge on any atom is -0.368 e. The summed E-state index contributed by atoms with van der Waals surface area (Å²) in [6.07, 6.45) is 1.58. The molecule has 3 aromatic rings. The number of halogens is 2. The zero-order chi connectivity index (χ0) is 19.3. The molecule has 4 rings (SSSR count). The van der Waals surface area contributed by atoms with Crippen molar-refractivity contribution in [1.29, 1.82) is 0 Å². The van der Waals surface area contributed by atoms with Crippen LogP contribution in [-0.4, -0.2) is 36.1 Å². The molecule has 144 valence electrons. The van der Waals surface area contributed by atoms with Crippen LogP contribution >= 0.6 is 11.8 Å². The van der Waals surface area contributed by atoms with Crippen molar-refractivity contribution >= 4 is 23.3 Å². The summed E-state index contributed by atoms with van der Waals surface area (Å²) >= 11 is 1.57. The molecule has 0 spiro atoms. The monoisotopic (exact) mass is 398 g/mol. The van der Waals surface area contributed by atoms with E-state index < -0.39 is 0 Å². The molecule has 0 bridgehead atoms. The van der Waals surface area contributed by atoms with E-state index in [9.17, 15) is 8.78 Å². The summed E-state index contributed by atoms with van der Waals surface area (Å²) in [5.74, 6) is 1.12. The number of hydrogen-bond acceptors (Lipinski definition) is 5. The molecule has 0 saturated carbocycles. The van der Waals surface area contributed by atoms with E-state index in [1.807, 2.05) is 24.3 Å². The number of aromatic nitrogens is 2. The third kappa shape index (κ3) is 4.59. The van der Waals surface area contributed by atoms with Crippen molar-refractivity contribution in [2.45, 2.75) is 10.8 Å². The maximum atomic E-state index is 13.3.